The number of amidine groups is 1. The van der Waals surface area contributed by atoms with Crippen LogP contribution in [0.2, 0.25) is 0 Å². The van der Waals surface area contributed by atoms with E-state index in [4.69, 9.17) is 4.99 Å². The molecule has 0 bridgehead atoms. The van der Waals surface area contributed by atoms with Crippen molar-refractivity contribution in [3.63, 3.8) is 0 Å². The van der Waals surface area contributed by atoms with E-state index < -0.39 is 17.2 Å². The Labute approximate surface area is 200 Å². The van der Waals surface area contributed by atoms with E-state index in [1.54, 1.807) is 18.3 Å². The molecule has 3 N–H and O–H groups in total. The van der Waals surface area contributed by atoms with Gasteiger partial charge in [0.1, 0.15) is 17.3 Å². The Morgan fingerprint density at radius 3 is 2.46 bits per heavy atom. The first-order valence-electron chi connectivity index (χ1n) is 11.0. The molecule has 1 aromatic heterocycles. The summed E-state index contributed by atoms with van der Waals surface area (Å²) < 4.78 is 13.5. The van der Waals surface area contributed by atoms with Gasteiger partial charge in [-0.15, -0.1) is 0 Å². The first kappa shape index (κ1) is 23.7. The maximum atomic E-state index is 13.5. The van der Waals surface area contributed by atoms with Crippen LogP contribution < -0.4 is 16.6 Å². The normalized spacial score (nSPS) is 15.4. The number of carbonyl (C=O) groups is 1. The fourth-order valence-electron chi connectivity index (χ4n) is 3.56. The Hall–Kier alpha value is -4.47. The third-order valence-electron chi connectivity index (χ3n) is 5.57. The number of amides is 1. The van der Waals surface area contributed by atoms with Gasteiger partial charge in [-0.25, -0.2) is 14.2 Å². The van der Waals surface area contributed by atoms with Crippen molar-refractivity contribution >= 4 is 23.1 Å². The van der Waals surface area contributed by atoms with Crippen LogP contribution in [0, 0.1) is 12.7 Å². The summed E-state index contributed by atoms with van der Waals surface area (Å²) in [5.74, 6) is -0.234. The molecule has 4 rings (SSSR count). The largest absolute Gasteiger partial charge is 0.360 e. The zero-order chi connectivity index (χ0) is 24.9. The molecular formula is C25H25FN6O3. The second-order valence-corrected chi connectivity index (χ2v) is 8.22. The zero-order valence-corrected chi connectivity index (χ0v) is 19.3. The molecule has 1 fully saturated rings. The number of hydrogen-bond acceptors (Lipinski definition) is 5. The molecule has 180 valence electrons. The maximum absolute atomic E-state index is 13.5. The van der Waals surface area contributed by atoms with Crippen LogP contribution in [0.4, 0.5) is 10.1 Å². The molecule has 2 aromatic carbocycles. The molecule has 3 aromatic rings. The highest BCUT2D eigenvalue weighted by atomic mass is 19.1. The number of anilines is 1. The molecule has 0 spiro atoms. The summed E-state index contributed by atoms with van der Waals surface area (Å²) in [5, 5.41) is 3.22. The minimum Gasteiger partial charge on any atom is -0.360 e. The molecular weight excluding hydrogens is 451 g/mol. The summed E-state index contributed by atoms with van der Waals surface area (Å²) in [7, 11) is 1.87. The van der Waals surface area contributed by atoms with Crippen molar-refractivity contribution in [3.8, 4) is 0 Å². The topological polar surface area (TPSA) is 114 Å². The van der Waals surface area contributed by atoms with Crippen molar-refractivity contribution < 1.29 is 9.18 Å². The van der Waals surface area contributed by atoms with Crippen molar-refractivity contribution in [2.24, 2.45) is 4.99 Å². The molecule has 35 heavy (non-hydrogen) atoms. The van der Waals surface area contributed by atoms with E-state index in [1.807, 2.05) is 43.1 Å². The van der Waals surface area contributed by atoms with Gasteiger partial charge in [-0.1, -0.05) is 17.7 Å². The smallest absolute Gasteiger partial charge is 0.326 e. The average molecular weight is 477 g/mol. The highest BCUT2D eigenvalue weighted by molar-refractivity contribution is 5.98. The highest BCUT2D eigenvalue weighted by Crippen LogP contribution is 2.20. The van der Waals surface area contributed by atoms with Crippen LogP contribution >= 0.6 is 0 Å². The molecule has 1 amide bonds. The van der Waals surface area contributed by atoms with Gasteiger partial charge >= 0.3 is 5.69 Å². The number of carbonyl (C=O) groups excluding carboxylic acids is 1. The second kappa shape index (κ2) is 10.2. The van der Waals surface area contributed by atoms with Crippen molar-refractivity contribution in [2.75, 3.05) is 32.0 Å². The van der Waals surface area contributed by atoms with Gasteiger partial charge in [0.05, 0.1) is 12.2 Å². The van der Waals surface area contributed by atoms with Crippen molar-refractivity contribution in [3.05, 3.63) is 104 Å². The number of nitrogens with zero attached hydrogens (tertiary/aromatic N) is 3. The molecule has 1 aliphatic heterocycles. The Kier molecular flexibility index (Phi) is 6.91. The first-order chi connectivity index (χ1) is 16.8. The third kappa shape index (κ3) is 5.91. The number of aliphatic imine (C=N–C) groups is 1. The molecule has 2 heterocycles. The minimum atomic E-state index is -0.743. The Morgan fingerprint density at radius 1 is 1.06 bits per heavy atom. The van der Waals surface area contributed by atoms with Gasteiger partial charge in [-0.3, -0.25) is 14.6 Å². The van der Waals surface area contributed by atoms with Crippen LogP contribution in [-0.2, 0) is 0 Å². The van der Waals surface area contributed by atoms with E-state index >= 15 is 0 Å². The molecule has 0 atom stereocenters. The lowest BCUT2D eigenvalue weighted by atomic mass is 10.1. The molecule has 0 radical (unpaired) electrons. The van der Waals surface area contributed by atoms with Crippen molar-refractivity contribution in [2.45, 2.75) is 6.92 Å². The van der Waals surface area contributed by atoms with Gasteiger partial charge < -0.3 is 20.1 Å². The number of nitrogens with one attached hydrogen (secondary N) is 3. The minimum absolute atomic E-state index is 0.0852. The summed E-state index contributed by atoms with van der Waals surface area (Å²) in [6, 6.07) is 14.9. The molecule has 10 heteroatoms. The predicted octanol–water partition coefficient (Wildman–Crippen LogP) is 2.41. The highest BCUT2D eigenvalue weighted by Gasteiger charge is 2.26. The average Bonchev–Trinajstić information content (AvgIpc) is 2.83. The van der Waals surface area contributed by atoms with E-state index in [0.717, 1.165) is 17.3 Å². The fourth-order valence-corrected chi connectivity index (χ4v) is 3.56. The second-order valence-electron chi connectivity index (χ2n) is 8.22. The van der Waals surface area contributed by atoms with E-state index in [9.17, 15) is 18.8 Å². The summed E-state index contributed by atoms with van der Waals surface area (Å²) in [6.45, 7) is 3.05. The zero-order valence-electron chi connectivity index (χ0n) is 19.3. The Bertz CT molecular complexity index is 1360. The number of aromatic nitrogens is 2. The number of piperazine rings is 1. The number of aromatic amines is 2. The summed E-state index contributed by atoms with van der Waals surface area (Å²) in [5.41, 5.74) is 1.76. The van der Waals surface area contributed by atoms with Crippen LogP contribution in [0.5, 0.6) is 0 Å². The molecule has 1 aliphatic rings. The lowest BCUT2D eigenvalue weighted by Gasteiger charge is -2.34. The number of likely N-dealkylation sites (N-methyl/N-ethyl adjacent to an activating group) is 1. The first-order valence-corrected chi connectivity index (χ1v) is 11.0. The molecule has 0 saturated carbocycles. The molecule has 0 unspecified atom stereocenters. The molecule has 9 nitrogen and oxygen atoms in total. The number of halogens is 1. The third-order valence-corrected chi connectivity index (χ3v) is 5.57. The maximum Gasteiger partial charge on any atom is 0.326 e. The molecule has 0 aliphatic carbocycles. The van der Waals surface area contributed by atoms with Crippen LogP contribution in [0.15, 0.2) is 75.4 Å². The standard InChI is InChI=1S/C25H25FN6O3/c1-16-3-9-19(10-4-16)27-14-21(17-5-7-18(26)8-6-17)28-22-15-32(12-11-31(22)2)24(34)20-13-23(33)30-25(35)29-20/h3-10,13-14,27H,11-12,15H2,1-2H3,(H2,29,30,33,35)/b21-14+,28-22?. The van der Waals surface area contributed by atoms with Crippen LogP contribution in [-0.4, -0.2) is 58.2 Å². The summed E-state index contributed by atoms with van der Waals surface area (Å²) in [6.07, 6.45) is 1.73. The predicted molar refractivity (Wildman–Crippen MR) is 133 cm³/mol. The van der Waals surface area contributed by atoms with Crippen molar-refractivity contribution in [1.82, 2.24) is 19.8 Å². The van der Waals surface area contributed by atoms with E-state index in [0.29, 0.717) is 30.2 Å². The van der Waals surface area contributed by atoms with E-state index in [-0.39, 0.29) is 18.1 Å². The lowest BCUT2D eigenvalue weighted by Crippen LogP contribution is -2.51. The lowest BCUT2D eigenvalue weighted by molar-refractivity contribution is 0.0744. The van der Waals surface area contributed by atoms with Crippen LogP contribution in [0.1, 0.15) is 21.6 Å². The van der Waals surface area contributed by atoms with Gasteiger partial charge in [-0.05, 0) is 43.3 Å². The number of H-pyrrole nitrogens is 2. The summed E-state index contributed by atoms with van der Waals surface area (Å²) in [4.78, 5) is 48.8. The molecule has 1 saturated heterocycles. The van der Waals surface area contributed by atoms with Crippen LogP contribution in [0.25, 0.3) is 5.70 Å². The van der Waals surface area contributed by atoms with Crippen LogP contribution in [0.3, 0.4) is 0 Å². The van der Waals surface area contributed by atoms with Gasteiger partial charge in [-0.2, -0.15) is 0 Å². The van der Waals surface area contributed by atoms with Gasteiger partial charge in [0.2, 0.25) is 0 Å². The Balaban J connectivity index is 1.64. The quantitative estimate of drug-likeness (QED) is 0.523. The number of aryl methyl sites for hydroxylation is 1. The van der Waals surface area contributed by atoms with Gasteiger partial charge in [0, 0.05) is 43.7 Å². The number of rotatable bonds is 5. The SMILES string of the molecule is Cc1ccc(N/C=C(/N=C2CN(C(=O)c3cc(=O)[nH]c(=O)[nH]3)CCN2C)c2ccc(F)cc2)cc1. The fraction of sp³-hybridized carbons (Fsp3) is 0.200. The van der Waals surface area contributed by atoms with Gasteiger partial charge in [0.25, 0.3) is 11.5 Å². The summed E-state index contributed by atoms with van der Waals surface area (Å²) >= 11 is 0. The Morgan fingerprint density at radius 2 is 1.77 bits per heavy atom. The van der Waals surface area contributed by atoms with Gasteiger partial charge in [0.15, 0.2) is 0 Å². The number of benzene rings is 2. The van der Waals surface area contributed by atoms with Crippen molar-refractivity contribution in [1.29, 1.82) is 0 Å². The van der Waals surface area contributed by atoms with E-state index in [2.05, 4.69) is 15.3 Å². The van der Waals surface area contributed by atoms with E-state index in [1.165, 1.54) is 17.0 Å². The number of hydrogen-bond donors (Lipinski definition) is 3. The monoisotopic (exact) mass is 476 g/mol.